The van der Waals surface area contributed by atoms with E-state index in [9.17, 15) is 19.3 Å². The molecule has 10 heteroatoms. The van der Waals surface area contributed by atoms with Crippen molar-refractivity contribution in [2.24, 2.45) is 0 Å². The summed E-state index contributed by atoms with van der Waals surface area (Å²) < 4.78 is 19.2. The van der Waals surface area contributed by atoms with Gasteiger partial charge in [0.2, 0.25) is 5.89 Å². The Balaban J connectivity index is 1.55. The maximum atomic E-state index is 13.3. The topological polar surface area (TPSA) is 105 Å². The number of carbonyl (C=O) groups excluding carboxylic acids is 1. The highest BCUT2D eigenvalue weighted by atomic mass is 19.1. The zero-order valence-electron chi connectivity index (χ0n) is 18.2. The van der Waals surface area contributed by atoms with Gasteiger partial charge in [-0.3, -0.25) is 19.8 Å². The zero-order chi connectivity index (χ0) is 23.4. The molecule has 33 heavy (non-hydrogen) atoms. The Hall–Kier alpha value is -3.63. The molecule has 0 atom stereocenters. The van der Waals surface area contributed by atoms with Gasteiger partial charge in [0.15, 0.2) is 11.5 Å². The number of nitrogens with zero attached hydrogens (tertiary/aromatic N) is 4. The molecule has 172 valence electrons. The number of aromatic nitrogens is 1. The first-order valence-corrected chi connectivity index (χ1v) is 10.6. The summed E-state index contributed by atoms with van der Waals surface area (Å²) in [6.45, 7) is 5.03. The largest absolute Gasteiger partial charge is 0.435 e. The van der Waals surface area contributed by atoms with E-state index in [2.05, 4.69) is 27.1 Å². The van der Waals surface area contributed by atoms with Crippen molar-refractivity contribution >= 4 is 11.6 Å². The maximum absolute atomic E-state index is 13.3. The molecule has 0 unspecified atom stereocenters. The molecule has 4 rings (SSSR count). The van der Waals surface area contributed by atoms with Crippen LogP contribution < -0.4 is 5.32 Å². The van der Waals surface area contributed by atoms with Crippen molar-refractivity contribution in [1.29, 1.82) is 0 Å². The molecule has 1 aliphatic rings. The summed E-state index contributed by atoms with van der Waals surface area (Å²) >= 11 is 0. The molecule has 1 aromatic heterocycles. The van der Waals surface area contributed by atoms with Crippen molar-refractivity contribution in [3.8, 4) is 22.8 Å². The number of nitro benzene ring substituents is 1. The van der Waals surface area contributed by atoms with E-state index in [1.807, 2.05) is 0 Å². The number of non-ortho nitro benzene ring substituents is 1. The fourth-order valence-electron chi connectivity index (χ4n) is 3.60. The normalized spacial score (nSPS) is 14.8. The minimum atomic E-state index is -0.500. The molecular weight excluding hydrogens is 429 g/mol. The third kappa shape index (κ3) is 5.41. The van der Waals surface area contributed by atoms with Gasteiger partial charge < -0.3 is 14.6 Å². The SMILES string of the molecule is CN1CCN(CCNC(=O)c2nc(-c3ccc(F)cc3)oc2-c2ccc([N+](=O)[O-])cc2)CC1. The molecule has 1 N–H and O–H groups in total. The summed E-state index contributed by atoms with van der Waals surface area (Å²) in [7, 11) is 2.09. The number of nitro groups is 1. The number of nitrogens with one attached hydrogen (secondary N) is 1. The fourth-order valence-corrected chi connectivity index (χ4v) is 3.60. The molecule has 1 fully saturated rings. The van der Waals surface area contributed by atoms with Gasteiger partial charge in [0.05, 0.1) is 4.92 Å². The summed E-state index contributed by atoms with van der Waals surface area (Å²) in [5.74, 6) is -0.453. The van der Waals surface area contributed by atoms with E-state index in [0.29, 0.717) is 17.7 Å². The van der Waals surface area contributed by atoms with Gasteiger partial charge in [0.1, 0.15) is 5.82 Å². The van der Waals surface area contributed by atoms with Crippen LogP contribution in [0, 0.1) is 15.9 Å². The number of halogens is 1. The summed E-state index contributed by atoms with van der Waals surface area (Å²) in [6, 6.07) is 11.3. The van der Waals surface area contributed by atoms with Gasteiger partial charge in [-0.05, 0) is 43.4 Å². The Morgan fingerprint density at radius 3 is 2.36 bits per heavy atom. The van der Waals surface area contributed by atoms with E-state index in [4.69, 9.17) is 4.42 Å². The second-order valence-electron chi connectivity index (χ2n) is 7.91. The molecule has 9 nitrogen and oxygen atoms in total. The number of likely N-dealkylation sites (N-methyl/N-ethyl adjacent to an activating group) is 1. The van der Waals surface area contributed by atoms with Crippen LogP contribution in [0.4, 0.5) is 10.1 Å². The first kappa shape index (κ1) is 22.6. The van der Waals surface area contributed by atoms with Crippen LogP contribution in [0.1, 0.15) is 10.5 Å². The minimum absolute atomic E-state index is 0.0709. The molecule has 1 amide bonds. The third-order valence-corrected chi connectivity index (χ3v) is 5.58. The lowest BCUT2D eigenvalue weighted by atomic mass is 10.1. The van der Waals surface area contributed by atoms with E-state index in [0.717, 1.165) is 32.7 Å². The van der Waals surface area contributed by atoms with Crippen LogP contribution in [-0.4, -0.2) is 71.9 Å². The van der Waals surface area contributed by atoms with Crippen molar-refractivity contribution in [3.05, 3.63) is 70.2 Å². The van der Waals surface area contributed by atoms with Gasteiger partial charge in [-0.15, -0.1) is 0 Å². The molecule has 0 spiro atoms. The highest BCUT2D eigenvalue weighted by Crippen LogP contribution is 2.31. The summed E-state index contributed by atoms with van der Waals surface area (Å²) in [4.78, 5) is 32.4. The highest BCUT2D eigenvalue weighted by Gasteiger charge is 2.23. The average molecular weight is 453 g/mol. The predicted molar refractivity (Wildman–Crippen MR) is 120 cm³/mol. The van der Waals surface area contributed by atoms with E-state index in [1.165, 1.54) is 48.5 Å². The second-order valence-corrected chi connectivity index (χ2v) is 7.91. The molecule has 0 aliphatic carbocycles. The average Bonchev–Trinajstić information content (AvgIpc) is 3.26. The van der Waals surface area contributed by atoms with Crippen LogP contribution in [0.3, 0.4) is 0 Å². The number of benzene rings is 2. The highest BCUT2D eigenvalue weighted by molar-refractivity contribution is 5.98. The van der Waals surface area contributed by atoms with Crippen LogP contribution >= 0.6 is 0 Å². The van der Waals surface area contributed by atoms with Crippen LogP contribution in [0.25, 0.3) is 22.8 Å². The lowest BCUT2D eigenvalue weighted by molar-refractivity contribution is -0.384. The molecule has 2 heterocycles. The van der Waals surface area contributed by atoms with Gasteiger partial charge in [-0.1, -0.05) is 0 Å². The summed E-state index contributed by atoms with van der Waals surface area (Å²) in [5.41, 5.74) is 0.985. The number of rotatable bonds is 7. The number of piperazine rings is 1. The van der Waals surface area contributed by atoms with Crippen LogP contribution in [0.15, 0.2) is 52.9 Å². The summed E-state index contributed by atoms with van der Waals surface area (Å²) in [5, 5.41) is 13.9. The van der Waals surface area contributed by atoms with Gasteiger partial charge >= 0.3 is 0 Å². The maximum Gasteiger partial charge on any atom is 0.273 e. The Morgan fingerprint density at radius 1 is 1.09 bits per heavy atom. The van der Waals surface area contributed by atoms with Crippen LogP contribution in [-0.2, 0) is 0 Å². The Labute approximate surface area is 190 Å². The third-order valence-electron chi connectivity index (χ3n) is 5.58. The van der Waals surface area contributed by atoms with Gasteiger partial charge in [-0.25, -0.2) is 9.37 Å². The number of amides is 1. The van der Waals surface area contributed by atoms with Crippen molar-refractivity contribution in [2.45, 2.75) is 0 Å². The molecule has 1 saturated heterocycles. The number of oxazole rings is 1. The van der Waals surface area contributed by atoms with E-state index < -0.39 is 16.6 Å². The van der Waals surface area contributed by atoms with E-state index in [1.54, 1.807) is 0 Å². The monoisotopic (exact) mass is 453 g/mol. The zero-order valence-corrected chi connectivity index (χ0v) is 18.2. The first-order valence-electron chi connectivity index (χ1n) is 10.6. The molecule has 0 radical (unpaired) electrons. The Kier molecular flexibility index (Phi) is 6.76. The molecule has 0 saturated carbocycles. The quantitative estimate of drug-likeness (QED) is 0.433. The smallest absolute Gasteiger partial charge is 0.273 e. The van der Waals surface area contributed by atoms with Gasteiger partial charge in [-0.2, -0.15) is 0 Å². The number of hydrogen-bond donors (Lipinski definition) is 1. The van der Waals surface area contributed by atoms with Crippen molar-refractivity contribution in [1.82, 2.24) is 20.1 Å². The summed E-state index contributed by atoms with van der Waals surface area (Å²) in [6.07, 6.45) is 0. The van der Waals surface area contributed by atoms with E-state index in [-0.39, 0.29) is 23.0 Å². The van der Waals surface area contributed by atoms with Crippen LogP contribution in [0.2, 0.25) is 0 Å². The lowest BCUT2D eigenvalue weighted by Gasteiger charge is -2.32. The van der Waals surface area contributed by atoms with Crippen molar-refractivity contribution < 1.29 is 18.5 Å². The van der Waals surface area contributed by atoms with Crippen LogP contribution in [0.5, 0.6) is 0 Å². The molecule has 3 aromatic rings. The minimum Gasteiger partial charge on any atom is -0.435 e. The van der Waals surface area contributed by atoms with Crippen molar-refractivity contribution in [3.63, 3.8) is 0 Å². The van der Waals surface area contributed by atoms with Crippen molar-refractivity contribution in [2.75, 3.05) is 46.3 Å². The predicted octanol–water partition coefficient (Wildman–Crippen LogP) is 3.03. The van der Waals surface area contributed by atoms with Gasteiger partial charge in [0.25, 0.3) is 11.6 Å². The molecule has 2 aromatic carbocycles. The van der Waals surface area contributed by atoms with E-state index >= 15 is 0 Å². The lowest BCUT2D eigenvalue weighted by Crippen LogP contribution is -2.46. The second kappa shape index (κ2) is 9.88. The number of hydrogen-bond acceptors (Lipinski definition) is 7. The standard InChI is InChI=1S/C23H24FN5O4/c1-27-12-14-28(15-13-27)11-10-25-22(30)20-21(16-4-8-19(9-5-16)29(31)32)33-23(26-20)17-2-6-18(24)7-3-17/h2-9H,10-15H2,1H3,(H,25,30). The Morgan fingerprint density at radius 2 is 1.73 bits per heavy atom. The van der Waals surface area contributed by atoms with Gasteiger partial charge in [0, 0.05) is 62.5 Å². The fraction of sp³-hybridized carbons (Fsp3) is 0.304. The Bertz CT molecular complexity index is 1120. The molecule has 1 aliphatic heterocycles. The molecule has 0 bridgehead atoms. The number of carbonyl (C=O) groups is 1. The molecular formula is C23H24FN5O4. The first-order chi connectivity index (χ1) is 15.9.